The summed E-state index contributed by atoms with van der Waals surface area (Å²) in [6.07, 6.45) is 5.41. The van der Waals surface area contributed by atoms with Gasteiger partial charge in [-0.2, -0.15) is 0 Å². The number of halogens is 2. The molecular weight excluding hydrogens is 384 g/mol. The monoisotopic (exact) mass is 415 g/mol. The number of ether oxygens (including phenoxy) is 1. The lowest BCUT2D eigenvalue weighted by Gasteiger charge is -2.21. The number of benzene rings is 1. The largest absolute Gasteiger partial charge is 0.472 e. The lowest BCUT2D eigenvalue weighted by Crippen LogP contribution is -2.23. The van der Waals surface area contributed by atoms with Crippen molar-refractivity contribution in [2.75, 3.05) is 0 Å². The third-order valence-corrected chi connectivity index (χ3v) is 5.19. The van der Waals surface area contributed by atoms with Gasteiger partial charge in [0.1, 0.15) is 17.2 Å². The van der Waals surface area contributed by atoms with Gasteiger partial charge >= 0.3 is 0 Å². The molecule has 0 radical (unpaired) electrons. The fourth-order valence-corrected chi connectivity index (χ4v) is 3.59. The van der Waals surface area contributed by atoms with Crippen LogP contribution in [0.5, 0.6) is 5.88 Å². The Kier molecular flexibility index (Phi) is 6.34. The van der Waals surface area contributed by atoms with Crippen LogP contribution in [-0.2, 0) is 0 Å². The molecule has 2 aromatic rings. The van der Waals surface area contributed by atoms with Gasteiger partial charge in [-0.05, 0) is 64.3 Å². The van der Waals surface area contributed by atoms with Crippen molar-refractivity contribution in [3.8, 4) is 17.0 Å². The Labute approximate surface area is 177 Å². The molecule has 4 nitrogen and oxygen atoms in total. The first-order chi connectivity index (χ1) is 14.1. The predicted molar refractivity (Wildman–Crippen MR) is 116 cm³/mol. The summed E-state index contributed by atoms with van der Waals surface area (Å²) in [7, 11) is 0. The van der Waals surface area contributed by atoms with Crippen LogP contribution in [0.4, 0.5) is 8.78 Å². The van der Waals surface area contributed by atoms with Gasteiger partial charge < -0.3 is 15.4 Å². The minimum absolute atomic E-state index is 0.204. The van der Waals surface area contributed by atoms with Crippen LogP contribution in [0.2, 0.25) is 0 Å². The molecule has 2 unspecified atom stereocenters. The quantitative estimate of drug-likeness (QED) is 0.628. The van der Waals surface area contributed by atoms with Crippen molar-refractivity contribution in [2.45, 2.75) is 72.1 Å². The number of pyridine rings is 1. The average molecular weight is 416 g/mol. The van der Waals surface area contributed by atoms with Crippen LogP contribution in [0, 0.1) is 18.6 Å². The fraction of sp³-hybridized carbons (Fsp3) is 0.458. The Hall–Kier alpha value is -2.63. The molecule has 0 saturated carbocycles. The first-order valence-corrected chi connectivity index (χ1v) is 10.4. The first-order valence-electron chi connectivity index (χ1n) is 10.4. The van der Waals surface area contributed by atoms with Gasteiger partial charge in [0.25, 0.3) is 0 Å². The van der Waals surface area contributed by atoms with Crippen molar-refractivity contribution in [1.82, 2.24) is 15.6 Å². The lowest BCUT2D eigenvalue weighted by molar-refractivity contribution is 0.124. The summed E-state index contributed by atoms with van der Waals surface area (Å²) in [5.74, 6) is -0.534. The number of nitrogens with zero attached hydrogens (tertiary/aromatic N) is 1. The van der Waals surface area contributed by atoms with E-state index in [1.807, 2.05) is 40.8 Å². The third kappa shape index (κ3) is 5.10. The number of nitrogens with one attached hydrogen (secondary N) is 2. The molecule has 2 heterocycles. The maximum atomic E-state index is 15.1. The molecule has 3 rings (SSSR count). The van der Waals surface area contributed by atoms with Crippen molar-refractivity contribution in [1.29, 1.82) is 0 Å². The second-order valence-corrected chi connectivity index (χ2v) is 8.92. The molecule has 0 spiro atoms. The Bertz CT molecular complexity index is 950. The van der Waals surface area contributed by atoms with Gasteiger partial charge in [-0.3, -0.25) is 0 Å². The molecule has 30 heavy (non-hydrogen) atoms. The van der Waals surface area contributed by atoms with Gasteiger partial charge in [0.05, 0.1) is 6.04 Å². The van der Waals surface area contributed by atoms with Gasteiger partial charge in [0.2, 0.25) is 5.88 Å². The zero-order valence-electron chi connectivity index (χ0n) is 18.6. The van der Waals surface area contributed by atoms with Gasteiger partial charge in [-0.1, -0.05) is 6.92 Å². The maximum Gasteiger partial charge on any atom is 0.214 e. The van der Waals surface area contributed by atoms with E-state index >= 15 is 4.39 Å². The molecule has 2 atom stereocenters. The minimum atomic E-state index is -0.471. The molecule has 0 amide bonds. The number of aryl methyl sites for hydroxylation is 1. The normalized spacial score (nSPS) is 17.3. The molecule has 0 bridgehead atoms. The van der Waals surface area contributed by atoms with Gasteiger partial charge in [-0.25, -0.2) is 13.8 Å². The van der Waals surface area contributed by atoms with Gasteiger partial charge in [0.15, 0.2) is 0 Å². The Morgan fingerprint density at radius 2 is 1.93 bits per heavy atom. The summed E-state index contributed by atoms with van der Waals surface area (Å²) >= 11 is 0. The number of hydrogen-bond donors (Lipinski definition) is 2. The highest BCUT2D eigenvalue weighted by Crippen LogP contribution is 2.33. The molecule has 1 aromatic heterocycles. The second kappa shape index (κ2) is 8.62. The standard InChI is InChI=1S/C24H31F2N3O/c1-7-16-8-17(13-27-16)29-15(3)19-9-22(26)20(10-21(19)25)18-11-23(28-12-14(18)2)30-24(4,5)6/h9-13,15-16,27,29H,7-8H2,1-6H3. The van der Waals surface area contributed by atoms with Crippen LogP contribution >= 0.6 is 0 Å². The SMILES string of the molecule is CCC1CC(NC(C)c2cc(F)c(-c3cc(OC(C)(C)C)ncc3C)cc2F)=CN1. The van der Waals surface area contributed by atoms with Gasteiger partial charge in [0, 0.05) is 47.7 Å². The summed E-state index contributed by atoms with van der Waals surface area (Å²) in [5.41, 5.74) is 2.40. The summed E-state index contributed by atoms with van der Waals surface area (Å²) < 4.78 is 35.9. The number of hydrogen-bond acceptors (Lipinski definition) is 4. The van der Waals surface area contributed by atoms with Crippen molar-refractivity contribution in [3.05, 3.63) is 59.1 Å². The van der Waals surface area contributed by atoms with E-state index < -0.39 is 17.2 Å². The van der Waals surface area contributed by atoms with Crippen LogP contribution < -0.4 is 15.4 Å². The topological polar surface area (TPSA) is 46.2 Å². The highest BCUT2D eigenvalue weighted by Gasteiger charge is 2.21. The predicted octanol–water partition coefficient (Wildman–Crippen LogP) is 5.78. The van der Waals surface area contributed by atoms with Crippen molar-refractivity contribution < 1.29 is 13.5 Å². The molecule has 1 aliphatic rings. The lowest BCUT2D eigenvalue weighted by atomic mass is 9.97. The molecule has 1 aromatic carbocycles. The van der Waals surface area contributed by atoms with E-state index in [1.165, 1.54) is 12.1 Å². The smallest absolute Gasteiger partial charge is 0.214 e. The van der Waals surface area contributed by atoms with Gasteiger partial charge in [-0.15, -0.1) is 0 Å². The average Bonchev–Trinajstić information content (AvgIpc) is 3.11. The Balaban J connectivity index is 1.87. The van der Waals surface area contributed by atoms with Crippen molar-refractivity contribution >= 4 is 0 Å². The van der Waals surface area contributed by atoms with Crippen LogP contribution in [-0.4, -0.2) is 16.6 Å². The molecular formula is C24H31F2N3O. The van der Waals surface area contributed by atoms with E-state index in [0.29, 0.717) is 23.0 Å². The summed E-state index contributed by atoms with van der Waals surface area (Å²) in [6, 6.07) is 4.26. The summed E-state index contributed by atoms with van der Waals surface area (Å²) in [5, 5.41) is 6.58. The van der Waals surface area contributed by atoms with Crippen LogP contribution in [0.15, 0.2) is 36.3 Å². The number of aromatic nitrogens is 1. The van der Waals surface area contributed by atoms with E-state index in [9.17, 15) is 4.39 Å². The highest BCUT2D eigenvalue weighted by atomic mass is 19.1. The zero-order valence-corrected chi connectivity index (χ0v) is 18.6. The first kappa shape index (κ1) is 22.1. The highest BCUT2D eigenvalue weighted by molar-refractivity contribution is 5.69. The molecule has 0 aliphatic carbocycles. The molecule has 162 valence electrons. The summed E-state index contributed by atoms with van der Waals surface area (Å²) in [4.78, 5) is 4.26. The van der Waals surface area contributed by atoms with Crippen LogP contribution in [0.25, 0.3) is 11.1 Å². The van der Waals surface area contributed by atoms with Crippen molar-refractivity contribution in [2.24, 2.45) is 0 Å². The molecule has 6 heteroatoms. The fourth-order valence-electron chi connectivity index (χ4n) is 3.59. The zero-order chi connectivity index (χ0) is 22.1. The second-order valence-electron chi connectivity index (χ2n) is 8.92. The summed E-state index contributed by atoms with van der Waals surface area (Å²) in [6.45, 7) is 11.5. The molecule has 2 N–H and O–H groups in total. The van der Waals surface area contributed by atoms with E-state index in [2.05, 4.69) is 22.5 Å². The van der Waals surface area contributed by atoms with E-state index in [1.54, 1.807) is 12.3 Å². The molecule has 0 fully saturated rings. The Morgan fingerprint density at radius 3 is 2.57 bits per heavy atom. The Morgan fingerprint density at radius 1 is 1.20 bits per heavy atom. The van der Waals surface area contributed by atoms with Crippen LogP contribution in [0.3, 0.4) is 0 Å². The number of rotatable bonds is 6. The van der Waals surface area contributed by atoms with Crippen LogP contribution in [0.1, 0.15) is 64.6 Å². The van der Waals surface area contributed by atoms with E-state index in [-0.39, 0.29) is 11.6 Å². The van der Waals surface area contributed by atoms with E-state index in [4.69, 9.17) is 4.74 Å². The maximum absolute atomic E-state index is 15.1. The molecule has 1 aliphatic heterocycles. The minimum Gasteiger partial charge on any atom is -0.472 e. The third-order valence-electron chi connectivity index (χ3n) is 5.19. The van der Waals surface area contributed by atoms with E-state index in [0.717, 1.165) is 24.1 Å². The van der Waals surface area contributed by atoms with Crippen molar-refractivity contribution in [3.63, 3.8) is 0 Å². The molecule has 0 saturated heterocycles.